The van der Waals surface area contributed by atoms with Gasteiger partial charge in [0, 0.05) is 6.07 Å². The van der Waals surface area contributed by atoms with Crippen LogP contribution >= 0.6 is 0 Å². The van der Waals surface area contributed by atoms with Crippen LogP contribution in [0.2, 0.25) is 0 Å². The highest BCUT2D eigenvalue weighted by atomic mass is 32.2. The first-order valence-electron chi connectivity index (χ1n) is 7.19. The van der Waals surface area contributed by atoms with Crippen molar-refractivity contribution < 1.29 is 17.7 Å². The second-order valence-electron chi connectivity index (χ2n) is 5.44. The molecule has 1 aromatic carbocycles. The van der Waals surface area contributed by atoms with Crippen LogP contribution < -0.4 is 10.7 Å². The number of sulfonamides is 1. The van der Waals surface area contributed by atoms with Gasteiger partial charge in [0.2, 0.25) is 5.84 Å². The lowest BCUT2D eigenvalue weighted by Crippen LogP contribution is -2.48. The van der Waals surface area contributed by atoms with E-state index in [-0.39, 0.29) is 23.2 Å². The number of rotatable bonds is 3. The zero-order chi connectivity index (χ0) is 17.8. The molecule has 4 rings (SSSR count). The Hall–Kier alpha value is -3.21. The minimum absolute atomic E-state index is 0.0124. The van der Waals surface area contributed by atoms with E-state index >= 15 is 0 Å². The quantitative estimate of drug-likeness (QED) is 0.824. The number of aliphatic imine (C=N–C) groups is 1. The maximum atomic E-state index is 12.3. The Morgan fingerprint density at radius 1 is 1.32 bits per heavy atom. The van der Waals surface area contributed by atoms with Crippen molar-refractivity contribution in [2.24, 2.45) is 15.1 Å². The highest BCUT2D eigenvalue weighted by Crippen LogP contribution is 2.35. The number of guanidine groups is 1. The van der Waals surface area contributed by atoms with E-state index in [1.54, 1.807) is 31.2 Å². The zero-order valence-corrected chi connectivity index (χ0v) is 13.8. The predicted molar refractivity (Wildman–Crippen MR) is 87.0 cm³/mol. The second kappa shape index (κ2) is 5.14. The van der Waals surface area contributed by atoms with Gasteiger partial charge in [-0.25, -0.2) is 10.0 Å². The molecule has 0 saturated heterocycles. The highest BCUT2D eigenvalue weighted by Gasteiger charge is 2.41. The molecule has 0 saturated carbocycles. The number of primary amides is 1. The van der Waals surface area contributed by atoms with Gasteiger partial charge in [0.1, 0.15) is 11.4 Å². The third kappa shape index (κ3) is 2.36. The Bertz CT molecular complexity index is 1050. The van der Waals surface area contributed by atoms with Gasteiger partial charge in [-0.05, 0) is 19.1 Å². The minimum Gasteiger partial charge on any atom is -0.363 e. The van der Waals surface area contributed by atoms with Crippen molar-refractivity contribution in [1.82, 2.24) is 10.2 Å². The van der Waals surface area contributed by atoms with E-state index in [0.29, 0.717) is 17.1 Å². The van der Waals surface area contributed by atoms with Crippen LogP contribution in [-0.2, 0) is 21.4 Å². The molecule has 0 radical (unpaired) electrons. The van der Waals surface area contributed by atoms with Gasteiger partial charge < -0.3 is 10.3 Å². The molecule has 0 atom stereocenters. The molecule has 2 N–H and O–H groups in total. The summed E-state index contributed by atoms with van der Waals surface area (Å²) in [6.07, 6.45) is 0. The Labute approximate surface area is 142 Å². The number of nitrogens with zero attached hydrogens (tertiary/aromatic N) is 5. The number of nitrogens with two attached hydrogens (primary N) is 1. The molecule has 0 fully saturated rings. The lowest BCUT2D eigenvalue weighted by Gasteiger charge is -2.32. The second-order valence-corrected chi connectivity index (χ2v) is 7.01. The molecule has 0 bridgehead atoms. The van der Waals surface area contributed by atoms with Gasteiger partial charge in [0.25, 0.3) is 21.9 Å². The molecule has 11 heteroatoms. The first kappa shape index (κ1) is 15.3. The maximum Gasteiger partial charge on any atom is 0.287 e. The fourth-order valence-corrected chi connectivity index (χ4v) is 3.77. The molecule has 1 amide bonds. The molecule has 0 aliphatic carbocycles. The summed E-state index contributed by atoms with van der Waals surface area (Å²) in [5.41, 5.74) is 6.39. The van der Waals surface area contributed by atoms with Crippen LogP contribution in [0, 0.1) is 6.92 Å². The van der Waals surface area contributed by atoms with Gasteiger partial charge in [-0.15, -0.1) is 4.40 Å². The van der Waals surface area contributed by atoms with Crippen molar-refractivity contribution in [3.63, 3.8) is 0 Å². The summed E-state index contributed by atoms with van der Waals surface area (Å²) in [5.74, 6) is -0.648. The maximum absolute atomic E-state index is 12.3. The Morgan fingerprint density at radius 3 is 2.76 bits per heavy atom. The summed E-state index contributed by atoms with van der Waals surface area (Å²) >= 11 is 0. The number of carbonyl (C=O) groups excluding carboxylic acids is 1. The molecule has 25 heavy (non-hydrogen) atoms. The van der Waals surface area contributed by atoms with Crippen molar-refractivity contribution in [1.29, 1.82) is 0 Å². The van der Waals surface area contributed by atoms with Gasteiger partial charge in [-0.1, -0.05) is 17.3 Å². The number of anilines is 1. The number of aromatic nitrogens is 1. The summed E-state index contributed by atoms with van der Waals surface area (Å²) in [7, 11) is -3.91. The number of hydrogen-bond donors (Lipinski definition) is 1. The molecule has 0 unspecified atom stereocenters. The van der Waals surface area contributed by atoms with Crippen molar-refractivity contribution in [2.45, 2.75) is 18.4 Å². The molecular weight excluding hydrogens is 348 g/mol. The predicted octanol–water partition coefficient (Wildman–Crippen LogP) is 0.162. The summed E-state index contributed by atoms with van der Waals surface area (Å²) in [6, 6.07) is 7.99. The van der Waals surface area contributed by atoms with E-state index in [0.717, 1.165) is 0 Å². The summed E-state index contributed by atoms with van der Waals surface area (Å²) in [5, 5.41) is 6.63. The Morgan fingerprint density at radius 2 is 2.08 bits per heavy atom. The standard InChI is InChI=1S/C14H12N6O4S/c1-8-6-9(24-17-8)7-19-13(12(15)21)16-14-18-25(22,23)11-5-3-2-4-10(11)20(14)19/h2-6H,7H2,1H3,(H2,15,21). The number of amidine groups is 1. The van der Waals surface area contributed by atoms with E-state index < -0.39 is 15.9 Å². The third-order valence-corrected chi connectivity index (χ3v) is 4.96. The third-order valence-electron chi connectivity index (χ3n) is 3.66. The topological polar surface area (TPSA) is 134 Å². The van der Waals surface area contributed by atoms with Crippen LogP contribution in [0.5, 0.6) is 0 Å². The number of hydrazine groups is 1. The molecule has 1 aromatic heterocycles. The molecule has 2 aromatic rings. The average molecular weight is 360 g/mol. The van der Waals surface area contributed by atoms with E-state index in [4.69, 9.17) is 10.3 Å². The number of fused-ring (bicyclic) bond motifs is 3. The van der Waals surface area contributed by atoms with Gasteiger partial charge in [0.15, 0.2) is 5.76 Å². The van der Waals surface area contributed by atoms with Crippen LogP contribution in [0.1, 0.15) is 11.5 Å². The molecule has 128 valence electrons. The van der Waals surface area contributed by atoms with Crippen molar-refractivity contribution >= 4 is 33.4 Å². The summed E-state index contributed by atoms with van der Waals surface area (Å²) < 4.78 is 33.5. The van der Waals surface area contributed by atoms with Crippen molar-refractivity contribution in [2.75, 3.05) is 5.01 Å². The van der Waals surface area contributed by atoms with E-state index in [1.165, 1.54) is 16.1 Å². The Kier molecular flexibility index (Phi) is 3.15. The lowest BCUT2D eigenvalue weighted by atomic mass is 10.3. The smallest absolute Gasteiger partial charge is 0.287 e. The fraction of sp³-hybridized carbons (Fsp3) is 0.143. The number of hydrogen-bond acceptors (Lipinski definition) is 8. The van der Waals surface area contributed by atoms with Gasteiger partial charge in [0.05, 0.1) is 11.4 Å². The van der Waals surface area contributed by atoms with E-state index in [2.05, 4.69) is 14.5 Å². The molecule has 3 heterocycles. The minimum atomic E-state index is -3.91. The molecule has 2 aliphatic heterocycles. The largest absolute Gasteiger partial charge is 0.363 e. The van der Waals surface area contributed by atoms with Crippen molar-refractivity contribution in [3.05, 3.63) is 41.8 Å². The molecule has 2 aliphatic rings. The summed E-state index contributed by atoms with van der Waals surface area (Å²) in [4.78, 5) is 15.8. The fourth-order valence-electron chi connectivity index (χ4n) is 2.67. The molecule has 0 spiro atoms. The number of carbonyl (C=O) groups is 1. The van der Waals surface area contributed by atoms with Crippen molar-refractivity contribution in [3.8, 4) is 0 Å². The van der Waals surface area contributed by atoms with Crippen LogP contribution in [0.15, 0.2) is 49.1 Å². The number of para-hydroxylation sites is 1. The van der Waals surface area contributed by atoms with Crippen LogP contribution in [0.4, 0.5) is 5.69 Å². The van der Waals surface area contributed by atoms with Crippen LogP contribution in [0.3, 0.4) is 0 Å². The van der Waals surface area contributed by atoms with Gasteiger partial charge in [-0.2, -0.15) is 13.4 Å². The van der Waals surface area contributed by atoms with Crippen LogP contribution in [0.25, 0.3) is 0 Å². The number of amides is 1. The average Bonchev–Trinajstić information content (AvgIpc) is 3.11. The Balaban J connectivity index is 1.86. The lowest BCUT2D eigenvalue weighted by molar-refractivity contribution is -0.112. The zero-order valence-electron chi connectivity index (χ0n) is 12.9. The van der Waals surface area contributed by atoms with Gasteiger partial charge >= 0.3 is 0 Å². The number of benzene rings is 1. The monoisotopic (exact) mass is 360 g/mol. The van der Waals surface area contributed by atoms with Gasteiger partial charge in [-0.3, -0.25) is 4.79 Å². The van der Waals surface area contributed by atoms with E-state index in [1.807, 2.05) is 0 Å². The normalized spacial score (nSPS) is 17.6. The first-order valence-corrected chi connectivity index (χ1v) is 8.63. The molecule has 10 nitrogen and oxygen atoms in total. The summed E-state index contributed by atoms with van der Waals surface area (Å²) in [6.45, 7) is 1.84. The highest BCUT2D eigenvalue weighted by molar-refractivity contribution is 7.90. The number of aryl methyl sites for hydroxylation is 1. The SMILES string of the molecule is Cc1cc(CN2C(C(N)=O)=NC3=NS(=O)(=O)c4ccccc4N32)on1. The van der Waals surface area contributed by atoms with E-state index in [9.17, 15) is 13.2 Å². The van der Waals surface area contributed by atoms with Crippen LogP contribution in [-0.4, -0.2) is 36.3 Å². The molecular formula is C14H12N6O4S. The first-order chi connectivity index (χ1) is 11.9.